The van der Waals surface area contributed by atoms with Gasteiger partial charge in [-0.25, -0.2) is 23.4 Å². The Morgan fingerprint density at radius 3 is 2.48 bits per heavy atom. The van der Waals surface area contributed by atoms with Crippen molar-refractivity contribution in [1.82, 2.24) is 34.7 Å². The Hall–Kier alpha value is -3.88. The van der Waals surface area contributed by atoms with Crippen LogP contribution in [0.4, 0.5) is 5.95 Å². The van der Waals surface area contributed by atoms with Crippen LogP contribution in [0.2, 0.25) is 5.02 Å². The van der Waals surface area contributed by atoms with Gasteiger partial charge in [-0.3, -0.25) is 14.3 Å². The van der Waals surface area contributed by atoms with E-state index in [1.165, 1.54) is 26.4 Å². The summed E-state index contributed by atoms with van der Waals surface area (Å²) in [5, 5.41) is 7.79. The zero-order chi connectivity index (χ0) is 28.4. The molecule has 4 aromatic heterocycles. The lowest BCUT2D eigenvalue weighted by molar-refractivity contribution is 0.00154. The quantitative estimate of drug-likeness (QED) is 0.306. The molecule has 0 amide bonds. The van der Waals surface area contributed by atoms with Gasteiger partial charge in [-0.15, -0.1) is 10.2 Å². The number of anilines is 1. The van der Waals surface area contributed by atoms with Crippen molar-refractivity contribution < 1.29 is 22.6 Å². The van der Waals surface area contributed by atoms with Crippen LogP contribution in [0, 0.1) is 0 Å². The van der Waals surface area contributed by atoms with Crippen LogP contribution in [0.25, 0.3) is 11.4 Å². The number of sulfonamides is 1. The number of pyridine rings is 2. The predicted octanol–water partition coefficient (Wildman–Crippen LogP) is 3.47. The molecule has 0 fully saturated rings. The van der Waals surface area contributed by atoms with Crippen LogP contribution >= 0.6 is 11.6 Å². The van der Waals surface area contributed by atoms with E-state index in [4.69, 9.17) is 25.8 Å². The highest BCUT2D eigenvalue weighted by Crippen LogP contribution is 2.42. The van der Waals surface area contributed by atoms with E-state index in [9.17, 15) is 8.42 Å². The van der Waals surface area contributed by atoms with Crippen LogP contribution < -0.4 is 14.2 Å². The molecule has 5 rings (SSSR count). The van der Waals surface area contributed by atoms with Gasteiger partial charge in [0.2, 0.25) is 16.0 Å². The molecule has 0 aromatic carbocycles. The molecule has 0 aliphatic carbocycles. The second kappa shape index (κ2) is 11.3. The topological polar surface area (TPSA) is 156 Å². The highest BCUT2D eigenvalue weighted by atomic mass is 35.5. The van der Waals surface area contributed by atoms with Crippen molar-refractivity contribution in [2.45, 2.75) is 44.3 Å². The molecule has 0 radical (unpaired) electrons. The van der Waals surface area contributed by atoms with Gasteiger partial charge in [0.15, 0.2) is 17.4 Å². The van der Waals surface area contributed by atoms with Gasteiger partial charge in [-0.2, -0.15) is 0 Å². The van der Waals surface area contributed by atoms with E-state index in [0.717, 1.165) is 5.56 Å². The minimum Gasteiger partial charge on any atom is -0.485 e. The van der Waals surface area contributed by atoms with Gasteiger partial charge in [0.05, 0.1) is 29.8 Å². The summed E-state index contributed by atoms with van der Waals surface area (Å²) < 4.78 is 49.4. The third kappa shape index (κ3) is 5.42. The summed E-state index contributed by atoms with van der Waals surface area (Å²) in [4.78, 5) is 16.7. The van der Waals surface area contributed by atoms with E-state index >= 15 is 0 Å². The number of hydrogen-bond donors (Lipinski definition) is 1. The molecular weight excluding hydrogens is 560 g/mol. The van der Waals surface area contributed by atoms with Crippen molar-refractivity contribution in [2.24, 2.45) is 0 Å². The summed E-state index contributed by atoms with van der Waals surface area (Å²) in [6.45, 7) is 5.23. The van der Waals surface area contributed by atoms with Gasteiger partial charge in [0.25, 0.3) is 5.88 Å². The molecule has 4 aromatic rings. The number of nitrogens with one attached hydrogen (secondary N) is 1. The summed E-state index contributed by atoms with van der Waals surface area (Å²) >= 11 is 5.95. The van der Waals surface area contributed by atoms with Crippen LogP contribution in [-0.2, 0) is 14.8 Å². The molecule has 40 heavy (non-hydrogen) atoms. The zero-order valence-corrected chi connectivity index (χ0v) is 23.7. The molecule has 5 heterocycles. The van der Waals surface area contributed by atoms with Crippen LogP contribution in [0.1, 0.15) is 44.3 Å². The lowest BCUT2D eigenvalue weighted by atomic mass is 10.1. The molecule has 210 valence electrons. The summed E-state index contributed by atoms with van der Waals surface area (Å²) in [5.74, 6) is 1.21. The number of aromatic nitrogens is 7. The van der Waals surface area contributed by atoms with Crippen molar-refractivity contribution in [3.05, 3.63) is 65.6 Å². The molecule has 1 aliphatic rings. The largest absolute Gasteiger partial charge is 0.485 e. The first-order valence-corrected chi connectivity index (χ1v) is 14.3. The average Bonchev–Trinajstić information content (AvgIpc) is 3.26. The van der Waals surface area contributed by atoms with E-state index in [-0.39, 0.29) is 30.4 Å². The van der Waals surface area contributed by atoms with Gasteiger partial charge < -0.3 is 14.2 Å². The van der Waals surface area contributed by atoms with E-state index < -0.39 is 27.4 Å². The second-order valence-corrected chi connectivity index (χ2v) is 11.7. The zero-order valence-electron chi connectivity index (χ0n) is 22.1. The van der Waals surface area contributed by atoms with Crippen molar-refractivity contribution >= 4 is 27.6 Å². The molecule has 0 unspecified atom stereocenters. The fourth-order valence-electron chi connectivity index (χ4n) is 4.32. The van der Waals surface area contributed by atoms with E-state index in [2.05, 4.69) is 34.9 Å². The summed E-state index contributed by atoms with van der Waals surface area (Å²) in [5.41, 5.74) is 1.35. The molecule has 0 spiro atoms. The first-order chi connectivity index (χ1) is 19.2. The maximum absolute atomic E-state index is 13.8. The first kappa shape index (κ1) is 27.7. The average molecular weight is 587 g/mol. The Morgan fingerprint density at radius 2 is 1.80 bits per heavy atom. The predicted molar refractivity (Wildman–Crippen MR) is 146 cm³/mol. The molecule has 0 saturated heterocycles. The maximum atomic E-state index is 13.8. The van der Waals surface area contributed by atoms with E-state index in [0.29, 0.717) is 22.2 Å². The van der Waals surface area contributed by atoms with Crippen LogP contribution in [-0.4, -0.2) is 68.2 Å². The Bertz CT molecular complexity index is 1580. The Labute approximate surface area is 236 Å². The molecular formula is C25H27ClN8O5S. The fourth-order valence-corrected chi connectivity index (χ4v) is 5.51. The molecule has 3 atom stereocenters. The van der Waals surface area contributed by atoms with Crippen molar-refractivity contribution in [3.8, 4) is 23.0 Å². The molecule has 1 N–H and O–H groups in total. The highest BCUT2D eigenvalue weighted by Gasteiger charge is 2.37. The third-order valence-corrected chi connectivity index (χ3v) is 8.14. The highest BCUT2D eigenvalue weighted by molar-refractivity contribution is 7.93. The number of halogens is 1. The number of ether oxygens (including phenoxy) is 3. The molecule has 15 heteroatoms. The van der Waals surface area contributed by atoms with Crippen molar-refractivity contribution in [1.29, 1.82) is 0 Å². The number of nitrogens with zero attached hydrogens (tertiary/aromatic N) is 7. The Kier molecular flexibility index (Phi) is 7.83. The molecule has 0 bridgehead atoms. The minimum absolute atomic E-state index is 0.00351. The molecule has 1 aliphatic heterocycles. The summed E-state index contributed by atoms with van der Waals surface area (Å²) in [6.07, 6.45) is 6.34. The van der Waals surface area contributed by atoms with Crippen LogP contribution in [0.5, 0.6) is 11.6 Å². The first-order valence-electron chi connectivity index (χ1n) is 12.3. The number of hydrogen-bond acceptors (Lipinski definition) is 11. The summed E-state index contributed by atoms with van der Waals surface area (Å²) in [6, 6.07) is 4.82. The number of fused-ring (bicyclic) bond motifs is 3. The third-order valence-electron chi connectivity index (χ3n) is 6.25. The molecule has 13 nitrogen and oxygen atoms in total. The Balaban J connectivity index is 1.57. The monoisotopic (exact) mass is 586 g/mol. The van der Waals surface area contributed by atoms with Gasteiger partial charge >= 0.3 is 0 Å². The van der Waals surface area contributed by atoms with Crippen LogP contribution in [0.15, 0.2) is 49.2 Å². The van der Waals surface area contributed by atoms with Gasteiger partial charge in [-0.1, -0.05) is 11.6 Å². The van der Waals surface area contributed by atoms with Crippen molar-refractivity contribution in [2.75, 3.05) is 18.4 Å². The standard InChI is InChI=1S/C25H27ClN8O5S/c1-14(2)39-20(22-29-11-17(26)12-30-22)15(3)40(35,36)33-25-32-31-23-18-7-10-28-24(37-4)21(18)38-13-19(34(23)25)16-5-8-27-9-6-16/h5-12,14-15,19-20H,13H2,1-4H3,(H,32,33)/t15-,19+,20+/m0/s1. The normalized spacial score (nSPS) is 16.3. The van der Waals surface area contributed by atoms with Gasteiger partial charge in [-0.05, 0) is 44.5 Å². The minimum atomic E-state index is -4.13. The van der Waals surface area contributed by atoms with Crippen LogP contribution in [0.3, 0.4) is 0 Å². The smallest absolute Gasteiger partial charge is 0.257 e. The van der Waals surface area contributed by atoms with Crippen molar-refractivity contribution in [3.63, 3.8) is 0 Å². The maximum Gasteiger partial charge on any atom is 0.257 e. The second-order valence-electron chi connectivity index (χ2n) is 9.24. The van der Waals surface area contributed by atoms with E-state index in [1.54, 1.807) is 43.1 Å². The number of methoxy groups -OCH3 is 1. The fraction of sp³-hybridized carbons (Fsp3) is 0.360. The van der Waals surface area contributed by atoms with E-state index in [1.807, 2.05) is 12.1 Å². The number of rotatable bonds is 9. The lowest BCUT2D eigenvalue weighted by Crippen LogP contribution is -2.35. The van der Waals surface area contributed by atoms with Gasteiger partial charge in [0, 0.05) is 31.0 Å². The Morgan fingerprint density at radius 1 is 1.07 bits per heavy atom. The van der Waals surface area contributed by atoms with Gasteiger partial charge in [0.1, 0.15) is 18.0 Å². The lowest BCUT2D eigenvalue weighted by Gasteiger charge is -2.26. The summed E-state index contributed by atoms with van der Waals surface area (Å²) in [7, 11) is -2.64. The molecule has 0 saturated carbocycles. The SMILES string of the molecule is COc1nccc2c1OC[C@H](c1ccncc1)n1c(NS(=O)(=O)[C@@H](C)[C@@H](OC(C)C)c3ncc(Cl)cn3)nnc1-2.